The molecule has 2 aromatic carbocycles. The fourth-order valence-electron chi connectivity index (χ4n) is 2.57. The SMILES string of the molecule is Brc1cc2[nH]c3ccncc3c2c2ccccc12. The molecule has 0 bridgehead atoms. The maximum atomic E-state index is 4.23. The fourth-order valence-corrected chi connectivity index (χ4v) is 3.14. The van der Waals surface area contributed by atoms with Crippen LogP contribution in [0.2, 0.25) is 0 Å². The molecule has 0 saturated carbocycles. The second kappa shape index (κ2) is 3.56. The molecule has 0 saturated heterocycles. The van der Waals surface area contributed by atoms with E-state index in [9.17, 15) is 0 Å². The van der Waals surface area contributed by atoms with Crippen molar-refractivity contribution in [3.05, 3.63) is 53.3 Å². The molecule has 0 atom stereocenters. The summed E-state index contributed by atoms with van der Waals surface area (Å²) in [4.78, 5) is 7.67. The van der Waals surface area contributed by atoms with Crippen molar-refractivity contribution in [2.75, 3.05) is 0 Å². The zero-order chi connectivity index (χ0) is 12.1. The highest BCUT2D eigenvalue weighted by Gasteiger charge is 2.09. The third-order valence-electron chi connectivity index (χ3n) is 3.35. The van der Waals surface area contributed by atoms with Crippen molar-refractivity contribution in [2.24, 2.45) is 0 Å². The Bertz CT molecular complexity index is 893. The number of aromatic amines is 1. The lowest BCUT2D eigenvalue weighted by molar-refractivity contribution is 1.36. The van der Waals surface area contributed by atoms with Crippen LogP contribution in [0.4, 0.5) is 0 Å². The van der Waals surface area contributed by atoms with E-state index >= 15 is 0 Å². The van der Waals surface area contributed by atoms with Crippen molar-refractivity contribution < 1.29 is 0 Å². The molecule has 0 unspecified atom stereocenters. The Morgan fingerprint density at radius 2 is 1.78 bits per heavy atom. The van der Waals surface area contributed by atoms with E-state index in [1.807, 2.05) is 18.5 Å². The maximum absolute atomic E-state index is 4.23. The number of halogens is 1. The Kier molecular flexibility index (Phi) is 2.00. The minimum absolute atomic E-state index is 1.12. The molecular formula is C15H9BrN2. The highest BCUT2D eigenvalue weighted by Crippen LogP contribution is 2.35. The molecule has 0 radical (unpaired) electrons. The Morgan fingerprint density at radius 3 is 2.67 bits per heavy atom. The molecule has 2 aromatic heterocycles. The van der Waals surface area contributed by atoms with E-state index in [4.69, 9.17) is 0 Å². The Morgan fingerprint density at radius 1 is 0.944 bits per heavy atom. The molecule has 0 spiro atoms. The summed E-state index contributed by atoms with van der Waals surface area (Å²) in [6.45, 7) is 0. The number of benzene rings is 2. The summed E-state index contributed by atoms with van der Waals surface area (Å²) in [7, 11) is 0. The lowest BCUT2D eigenvalue weighted by Gasteiger charge is -2.02. The smallest absolute Gasteiger partial charge is 0.0496 e. The van der Waals surface area contributed by atoms with Crippen molar-refractivity contribution >= 4 is 48.5 Å². The van der Waals surface area contributed by atoms with Crippen molar-refractivity contribution in [2.45, 2.75) is 0 Å². The van der Waals surface area contributed by atoms with Crippen molar-refractivity contribution in [3.63, 3.8) is 0 Å². The third-order valence-corrected chi connectivity index (χ3v) is 4.01. The summed E-state index contributed by atoms with van der Waals surface area (Å²) in [6.07, 6.45) is 3.74. The summed E-state index contributed by atoms with van der Waals surface area (Å²) in [6, 6.07) is 12.6. The molecule has 18 heavy (non-hydrogen) atoms. The van der Waals surface area contributed by atoms with Gasteiger partial charge in [0.15, 0.2) is 0 Å². The minimum Gasteiger partial charge on any atom is -0.354 e. The monoisotopic (exact) mass is 296 g/mol. The van der Waals surface area contributed by atoms with Gasteiger partial charge in [0.05, 0.1) is 0 Å². The van der Waals surface area contributed by atoms with E-state index in [0.29, 0.717) is 0 Å². The van der Waals surface area contributed by atoms with Gasteiger partial charge in [0, 0.05) is 38.7 Å². The predicted octanol–water partition coefficient (Wildman–Crippen LogP) is 4.63. The average Bonchev–Trinajstić information content (AvgIpc) is 2.77. The molecule has 0 amide bonds. The van der Waals surface area contributed by atoms with Gasteiger partial charge < -0.3 is 4.98 Å². The molecule has 0 fully saturated rings. The second-order valence-corrected chi connectivity index (χ2v) is 5.23. The van der Waals surface area contributed by atoms with Gasteiger partial charge in [0.2, 0.25) is 0 Å². The normalized spacial score (nSPS) is 11.6. The summed E-state index contributed by atoms with van der Waals surface area (Å²) in [5, 5.41) is 4.91. The molecule has 4 aromatic rings. The average molecular weight is 297 g/mol. The quantitative estimate of drug-likeness (QED) is 0.503. The Balaban J connectivity index is 2.39. The first-order chi connectivity index (χ1) is 8.84. The van der Waals surface area contributed by atoms with Gasteiger partial charge in [-0.2, -0.15) is 0 Å². The lowest BCUT2D eigenvalue weighted by Crippen LogP contribution is -1.77. The molecule has 0 aliphatic heterocycles. The summed E-state index contributed by atoms with van der Waals surface area (Å²) in [5.74, 6) is 0. The molecule has 0 aliphatic carbocycles. The Labute approximate surface area is 112 Å². The van der Waals surface area contributed by atoms with Crippen LogP contribution in [0.25, 0.3) is 32.6 Å². The minimum atomic E-state index is 1.12. The standard InChI is InChI=1S/C15H9BrN2/c16-12-7-14-15(10-4-2-1-3-9(10)12)11-8-17-6-5-13(11)18-14/h1-8,18H. The largest absolute Gasteiger partial charge is 0.354 e. The van der Waals surface area contributed by atoms with Gasteiger partial charge in [0.25, 0.3) is 0 Å². The van der Waals surface area contributed by atoms with Crippen LogP contribution in [-0.4, -0.2) is 9.97 Å². The van der Waals surface area contributed by atoms with E-state index in [2.05, 4.69) is 56.2 Å². The number of hydrogen-bond donors (Lipinski definition) is 1. The number of H-pyrrole nitrogens is 1. The van der Waals surface area contributed by atoms with Gasteiger partial charge in [-0.1, -0.05) is 40.2 Å². The first-order valence-corrected chi connectivity index (χ1v) is 6.56. The number of aromatic nitrogens is 2. The molecule has 1 N–H and O–H groups in total. The van der Waals surface area contributed by atoms with Crippen LogP contribution < -0.4 is 0 Å². The highest BCUT2D eigenvalue weighted by atomic mass is 79.9. The van der Waals surface area contributed by atoms with Crippen LogP contribution in [0.5, 0.6) is 0 Å². The van der Waals surface area contributed by atoms with E-state index in [-0.39, 0.29) is 0 Å². The van der Waals surface area contributed by atoms with E-state index in [1.165, 1.54) is 21.5 Å². The number of nitrogens with one attached hydrogen (secondary N) is 1. The predicted molar refractivity (Wildman–Crippen MR) is 78.8 cm³/mol. The van der Waals surface area contributed by atoms with Crippen molar-refractivity contribution in [1.29, 1.82) is 0 Å². The van der Waals surface area contributed by atoms with Gasteiger partial charge in [0.1, 0.15) is 0 Å². The van der Waals surface area contributed by atoms with E-state index in [0.717, 1.165) is 15.5 Å². The molecule has 4 rings (SSSR count). The van der Waals surface area contributed by atoms with Gasteiger partial charge in [-0.25, -0.2) is 0 Å². The number of hydrogen-bond acceptors (Lipinski definition) is 1. The zero-order valence-electron chi connectivity index (χ0n) is 9.44. The van der Waals surface area contributed by atoms with Crippen molar-refractivity contribution in [3.8, 4) is 0 Å². The Hall–Kier alpha value is -1.87. The molecule has 0 aliphatic rings. The van der Waals surface area contributed by atoms with Crippen LogP contribution >= 0.6 is 15.9 Å². The van der Waals surface area contributed by atoms with Gasteiger partial charge in [-0.3, -0.25) is 4.98 Å². The van der Waals surface area contributed by atoms with Gasteiger partial charge >= 0.3 is 0 Å². The summed E-state index contributed by atoms with van der Waals surface area (Å²) >= 11 is 3.64. The van der Waals surface area contributed by atoms with Crippen LogP contribution in [0.15, 0.2) is 53.3 Å². The van der Waals surface area contributed by atoms with Gasteiger partial charge in [-0.05, 0) is 22.9 Å². The molecule has 2 nitrogen and oxygen atoms in total. The topological polar surface area (TPSA) is 28.7 Å². The van der Waals surface area contributed by atoms with E-state index in [1.54, 1.807) is 0 Å². The number of fused-ring (bicyclic) bond motifs is 5. The molecule has 86 valence electrons. The number of nitrogens with zero attached hydrogens (tertiary/aromatic N) is 1. The number of rotatable bonds is 0. The second-order valence-electron chi connectivity index (χ2n) is 4.37. The first-order valence-electron chi connectivity index (χ1n) is 5.77. The van der Waals surface area contributed by atoms with E-state index < -0.39 is 0 Å². The van der Waals surface area contributed by atoms with Crippen LogP contribution in [0.1, 0.15) is 0 Å². The maximum Gasteiger partial charge on any atom is 0.0496 e. The lowest BCUT2D eigenvalue weighted by atomic mass is 10.0. The summed E-state index contributed by atoms with van der Waals surface area (Å²) < 4.78 is 1.12. The highest BCUT2D eigenvalue weighted by molar-refractivity contribution is 9.10. The summed E-state index contributed by atoms with van der Waals surface area (Å²) in [5.41, 5.74) is 2.27. The number of pyridine rings is 1. The van der Waals surface area contributed by atoms with Crippen LogP contribution in [-0.2, 0) is 0 Å². The molecule has 2 heterocycles. The van der Waals surface area contributed by atoms with Crippen LogP contribution in [0.3, 0.4) is 0 Å². The first kappa shape index (κ1) is 10.1. The molecule has 3 heteroatoms. The third kappa shape index (κ3) is 1.25. The van der Waals surface area contributed by atoms with Crippen molar-refractivity contribution in [1.82, 2.24) is 9.97 Å². The molecular weight excluding hydrogens is 288 g/mol. The fraction of sp³-hybridized carbons (Fsp3) is 0. The zero-order valence-corrected chi connectivity index (χ0v) is 11.0. The van der Waals surface area contributed by atoms with Gasteiger partial charge in [-0.15, -0.1) is 0 Å². The van der Waals surface area contributed by atoms with Crippen LogP contribution in [0, 0.1) is 0 Å².